The van der Waals surface area contributed by atoms with Crippen LogP contribution in [-0.2, 0) is 9.59 Å². The van der Waals surface area contributed by atoms with Crippen LogP contribution in [0.2, 0.25) is 0 Å². The van der Waals surface area contributed by atoms with Gasteiger partial charge in [0.2, 0.25) is 11.8 Å². The molecule has 0 radical (unpaired) electrons. The van der Waals surface area contributed by atoms with Gasteiger partial charge in [-0.1, -0.05) is 0 Å². The van der Waals surface area contributed by atoms with Crippen LogP contribution in [0.3, 0.4) is 0 Å². The largest absolute Gasteiger partial charge is 0.497 e. The molecule has 1 aliphatic heterocycles. The van der Waals surface area contributed by atoms with E-state index in [1.165, 1.54) is 0 Å². The number of rotatable bonds is 8. The Balaban J connectivity index is 2.03. The SMILES string of the molecule is COc1cc(OC)cc(N2CC(C(=O)NCCCCN)CC2=O)c1. The highest BCUT2D eigenvalue weighted by Gasteiger charge is 2.35. The monoisotopic (exact) mass is 335 g/mol. The highest BCUT2D eigenvalue weighted by atomic mass is 16.5. The number of carbonyl (C=O) groups is 2. The molecule has 7 heteroatoms. The van der Waals surface area contributed by atoms with E-state index in [9.17, 15) is 9.59 Å². The van der Waals surface area contributed by atoms with Gasteiger partial charge in [-0.25, -0.2) is 0 Å². The second-order valence-corrected chi connectivity index (χ2v) is 5.76. The number of nitrogens with two attached hydrogens (primary N) is 1. The third kappa shape index (κ3) is 4.38. The Kier molecular flexibility index (Phi) is 6.43. The number of ether oxygens (including phenoxy) is 2. The van der Waals surface area contributed by atoms with Gasteiger partial charge in [-0.3, -0.25) is 9.59 Å². The average Bonchev–Trinajstić information content (AvgIpc) is 3.00. The zero-order chi connectivity index (χ0) is 17.5. The van der Waals surface area contributed by atoms with Crippen molar-refractivity contribution in [1.29, 1.82) is 0 Å². The zero-order valence-electron chi connectivity index (χ0n) is 14.2. The predicted molar refractivity (Wildman–Crippen MR) is 91.3 cm³/mol. The first-order valence-corrected chi connectivity index (χ1v) is 8.10. The highest BCUT2D eigenvalue weighted by molar-refractivity contribution is 6.00. The van der Waals surface area contributed by atoms with Crippen molar-refractivity contribution in [3.8, 4) is 11.5 Å². The molecule has 0 aromatic heterocycles. The minimum atomic E-state index is -0.340. The second-order valence-electron chi connectivity index (χ2n) is 5.76. The fourth-order valence-corrected chi connectivity index (χ4v) is 2.71. The molecule has 1 saturated heterocycles. The molecule has 1 heterocycles. The van der Waals surface area contributed by atoms with E-state index < -0.39 is 0 Å². The van der Waals surface area contributed by atoms with Crippen molar-refractivity contribution in [1.82, 2.24) is 5.32 Å². The summed E-state index contributed by atoms with van der Waals surface area (Å²) in [6, 6.07) is 5.27. The summed E-state index contributed by atoms with van der Waals surface area (Å²) in [5.41, 5.74) is 6.11. The van der Waals surface area contributed by atoms with Crippen molar-refractivity contribution < 1.29 is 19.1 Å². The first-order valence-electron chi connectivity index (χ1n) is 8.10. The van der Waals surface area contributed by atoms with Crippen LogP contribution < -0.4 is 25.4 Å². The average molecular weight is 335 g/mol. The molecule has 1 aromatic carbocycles. The summed E-state index contributed by atoms with van der Waals surface area (Å²) in [5.74, 6) is 0.705. The van der Waals surface area contributed by atoms with Crippen LogP contribution in [0, 0.1) is 5.92 Å². The maximum atomic E-state index is 12.3. The lowest BCUT2D eigenvalue weighted by atomic mass is 10.1. The van der Waals surface area contributed by atoms with Crippen molar-refractivity contribution in [2.24, 2.45) is 11.7 Å². The molecule has 0 spiro atoms. The summed E-state index contributed by atoms with van der Waals surface area (Å²) >= 11 is 0. The van der Waals surface area contributed by atoms with E-state index in [1.54, 1.807) is 37.3 Å². The number of nitrogens with one attached hydrogen (secondary N) is 1. The Morgan fingerprint density at radius 3 is 2.50 bits per heavy atom. The maximum absolute atomic E-state index is 12.3. The number of unbranched alkanes of at least 4 members (excludes halogenated alkanes) is 1. The normalized spacial score (nSPS) is 17.0. The predicted octanol–water partition coefficient (Wildman–Crippen LogP) is 0.912. The Bertz CT molecular complexity index is 569. The molecule has 7 nitrogen and oxygen atoms in total. The first kappa shape index (κ1) is 18.1. The Hall–Kier alpha value is -2.28. The molecular weight excluding hydrogens is 310 g/mol. The molecule has 0 aliphatic carbocycles. The summed E-state index contributed by atoms with van der Waals surface area (Å²) in [4.78, 5) is 26.1. The number of hydrogen-bond acceptors (Lipinski definition) is 5. The fourth-order valence-electron chi connectivity index (χ4n) is 2.71. The van der Waals surface area contributed by atoms with Gasteiger partial charge >= 0.3 is 0 Å². The lowest BCUT2D eigenvalue weighted by Crippen LogP contribution is -2.33. The maximum Gasteiger partial charge on any atom is 0.227 e. The topological polar surface area (TPSA) is 93.9 Å². The Morgan fingerprint density at radius 2 is 1.92 bits per heavy atom. The number of methoxy groups -OCH3 is 2. The summed E-state index contributed by atoms with van der Waals surface area (Å²) in [6.45, 7) is 1.56. The lowest BCUT2D eigenvalue weighted by Gasteiger charge is -2.18. The van der Waals surface area contributed by atoms with E-state index in [0.29, 0.717) is 36.8 Å². The van der Waals surface area contributed by atoms with Crippen LogP contribution >= 0.6 is 0 Å². The third-order valence-corrected chi connectivity index (χ3v) is 4.07. The third-order valence-electron chi connectivity index (χ3n) is 4.07. The number of benzene rings is 1. The van der Waals surface area contributed by atoms with Gasteiger partial charge in [0.15, 0.2) is 0 Å². The first-order chi connectivity index (χ1) is 11.6. The minimum absolute atomic E-state index is 0.0765. The molecule has 0 saturated carbocycles. The van der Waals surface area contributed by atoms with Crippen LogP contribution in [0.4, 0.5) is 5.69 Å². The van der Waals surface area contributed by atoms with Gasteiger partial charge in [-0.2, -0.15) is 0 Å². The lowest BCUT2D eigenvalue weighted by molar-refractivity contribution is -0.126. The van der Waals surface area contributed by atoms with Gasteiger partial charge in [0, 0.05) is 37.7 Å². The number of carbonyl (C=O) groups excluding carboxylic acids is 2. The summed E-state index contributed by atoms with van der Waals surface area (Å²) < 4.78 is 10.5. The van der Waals surface area contributed by atoms with Crippen molar-refractivity contribution >= 4 is 17.5 Å². The number of hydrogen-bond donors (Lipinski definition) is 2. The standard InChI is InChI=1S/C17H25N3O4/c1-23-14-8-13(9-15(10-14)24-2)20-11-12(7-16(20)21)17(22)19-6-4-3-5-18/h8-10,12H,3-7,11,18H2,1-2H3,(H,19,22). The fraction of sp³-hybridized carbons (Fsp3) is 0.529. The molecule has 3 N–H and O–H groups in total. The van der Waals surface area contributed by atoms with Crippen LogP contribution in [0.15, 0.2) is 18.2 Å². The van der Waals surface area contributed by atoms with Crippen molar-refractivity contribution in [2.45, 2.75) is 19.3 Å². The molecule has 1 fully saturated rings. The van der Waals surface area contributed by atoms with Crippen LogP contribution in [0.1, 0.15) is 19.3 Å². The van der Waals surface area contributed by atoms with E-state index in [0.717, 1.165) is 12.8 Å². The van der Waals surface area contributed by atoms with E-state index in [-0.39, 0.29) is 24.2 Å². The summed E-state index contributed by atoms with van der Waals surface area (Å²) in [6.07, 6.45) is 1.93. The summed E-state index contributed by atoms with van der Waals surface area (Å²) in [5, 5.41) is 2.87. The molecule has 1 atom stereocenters. The molecule has 0 bridgehead atoms. The van der Waals surface area contributed by atoms with Gasteiger partial charge in [0.1, 0.15) is 11.5 Å². The van der Waals surface area contributed by atoms with Crippen molar-refractivity contribution in [3.05, 3.63) is 18.2 Å². The van der Waals surface area contributed by atoms with Gasteiger partial charge < -0.3 is 25.4 Å². The molecule has 2 rings (SSSR count). The molecule has 24 heavy (non-hydrogen) atoms. The minimum Gasteiger partial charge on any atom is -0.497 e. The van der Waals surface area contributed by atoms with Crippen molar-refractivity contribution in [3.63, 3.8) is 0 Å². The molecular formula is C17H25N3O4. The smallest absolute Gasteiger partial charge is 0.227 e. The van der Waals surface area contributed by atoms with E-state index >= 15 is 0 Å². The number of amides is 2. The highest BCUT2D eigenvalue weighted by Crippen LogP contribution is 2.32. The molecule has 2 amide bonds. The number of anilines is 1. The summed E-state index contributed by atoms with van der Waals surface area (Å²) in [7, 11) is 3.11. The molecule has 1 aliphatic rings. The van der Waals surface area contributed by atoms with E-state index in [2.05, 4.69) is 5.32 Å². The van der Waals surface area contributed by atoms with Crippen molar-refractivity contribution in [2.75, 3.05) is 38.8 Å². The van der Waals surface area contributed by atoms with Crippen LogP contribution in [0.25, 0.3) is 0 Å². The number of nitrogens with zero attached hydrogens (tertiary/aromatic N) is 1. The quantitative estimate of drug-likeness (QED) is 0.689. The van der Waals surface area contributed by atoms with Gasteiger partial charge in [0.25, 0.3) is 0 Å². The van der Waals surface area contributed by atoms with Gasteiger partial charge in [0.05, 0.1) is 25.8 Å². The van der Waals surface area contributed by atoms with Crippen LogP contribution in [0.5, 0.6) is 11.5 Å². The van der Waals surface area contributed by atoms with Crippen LogP contribution in [-0.4, -0.2) is 45.7 Å². The van der Waals surface area contributed by atoms with E-state index in [1.807, 2.05) is 0 Å². The Morgan fingerprint density at radius 1 is 1.25 bits per heavy atom. The molecule has 132 valence electrons. The van der Waals surface area contributed by atoms with E-state index in [4.69, 9.17) is 15.2 Å². The van der Waals surface area contributed by atoms with Gasteiger partial charge in [-0.05, 0) is 19.4 Å². The van der Waals surface area contributed by atoms with Gasteiger partial charge in [-0.15, -0.1) is 0 Å². The molecule has 1 unspecified atom stereocenters. The molecule has 1 aromatic rings. The second kappa shape index (κ2) is 8.54. The zero-order valence-corrected chi connectivity index (χ0v) is 14.2. The Labute approximate surface area is 142 Å².